The molecule has 4 bridgehead atoms. The van der Waals surface area contributed by atoms with Gasteiger partial charge in [0.25, 0.3) is 0 Å². The van der Waals surface area contributed by atoms with E-state index in [9.17, 15) is 9.59 Å². The molecule has 1 atom stereocenters. The fourth-order valence-corrected chi connectivity index (χ4v) is 7.32. The lowest BCUT2D eigenvalue weighted by Gasteiger charge is -2.56. The quantitative estimate of drug-likeness (QED) is 0.693. The Morgan fingerprint density at radius 1 is 1.10 bits per heavy atom. The third-order valence-corrected chi connectivity index (χ3v) is 8.44. The Labute approximate surface area is 186 Å². The number of benzene rings is 1. The molecule has 1 aromatic rings. The first-order valence-corrected chi connectivity index (χ1v) is 12.2. The Bertz CT molecular complexity index is 816. The number of nitrogens with zero attached hydrogens (tertiary/aromatic N) is 2. The van der Waals surface area contributed by atoms with Crippen LogP contribution in [0.15, 0.2) is 24.3 Å². The largest absolute Gasteiger partial charge is 0.491 e. The van der Waals surface area contributed by atoms with Crippen LogP contribution in [0.1, 0.15) is 56.9 Å². The number of likely N-dealkylation sites (tertiary alicyclic amines) is 1. The highest BCUT2D eigenvalue weighted by Gasteiger charge is 2.56. The first kappa shape index (κ1) is 20.8. The average molecular weight is 425 g/mol. The van der Waals surface area contributed by atoms with E-state index in [2.05, 4.69) is 0 Å². The molecule has 0 spiro atoms. The Morgan fingerprint density at radius 3 is 2.39 bits per heavy atom. The van der Waals surface area contributed by atoms with Crippen LogP contribution in [0.25, 0.3) is 0 Å². The Balaban J connectivity index is 1.21. The first-order chi connectivity index (χ1) is 14.9. The van der Waals surface area contributed by atoms with Gasteiger partial charge >= 0.3 is 0 Å². The predicted octanol–water partition coefficient (Wildman–Crippen LogP) is 4.04. The van der Waals surface area contributed by atoms with Crippen molar-refractivity contribution in [3.8, 4) is 5.75 Å². The van der Waals surface area contributed by atoms with Crippen molar-refractivity contribution in [3.05, 3.63) is 29.8 Å². The zero-order chi connectivity index (χ0) is 21.6. The van der Waals surface area contributed by atoms with E-state index in [1.54, 1.807) is 4.90 Å². The van der Waals surface area contributed by atoms with Crippen LogP contribution in [0.3, 0.4) is 0 Å². The molecule has 1 saturated heterocycles. The molecule has 1 aliphatic heterocycles. The van der Waals surface area contributed by atoms with Crippen LogP contribution in [-0.4, -0.2) is 54.4 Å². The molecule has 5 heteroatoms. The topological polar surface area (TPSA) is 49.9 Å². The number of aryl methyl sites for hydroxylation is 1. The molecule has 4 aliphatic carbocycles. The van der Waals surface area contributed by atoms with Crippen LogP contribution < -0.4 is 4.74 Å². The molecule has 5 nitrogen and oxygen atoms in total. The predicted molar refractivity (Wildman–Crippen MR) is 120 cm³/mol. The number of likely N-dealkylation sites (N-methyl/N-ethyl adjacent to an activating group) is 1. The maximum absolute atomic E-state index is 13.8. The molecule has 0 N–H and O–H groups in total. The summed E-state index contributed by atoms with van der Waals surface area (Å²) < 4.78 is 5.88. The van der Waals surface area contributed by atoms with Crippen LogP contribution in [0.5, 0.6) is 5.75 Å². The lowest BCUT2D eigenvalue weighted by molar-refractivity contribution is -0.161. The van der Waals surface area contributed by atoms with Gasteiger partial charge < -0.3 is 14.5 Å². The van der Waals surface area contributed by atoms with E-state index in [-0.39, 0.29) is 17.4 Å². The van der Waals surface area contributed by atoms with Gasteiger partial charge in [-0.05, 0) is 87.7 Å². The van der Waals surface area contributed by atoms with Crippen LogP contribution in [0.4, 0.5) is 0 Å². The number of rotatable bonds is 6. The number of para-hydroxylation sites is 1. The second-order valence-electron chi connectivity index (χ2n) is 10.7. The van der Waals surface area contributed by atoms with E-state index in [0.717, 1.165) is 67.7 Å². The average Bonchev–Trinajstić information content (AvgIpc) is 3.22. The maximum Gasteiger partial charge on any atom is 0.245 e. The molecule has 1 heterocycles. The van der Waals surface area contributed by atoms with Gasteiger partial charge in [0.05, 0.1) is 12.0 Å². The summed E-state index contributed by atoms with van der Waals surface area (Å²) in [6.45, 7) is 3.76. The van der Waals surface area contributed by atoms with E-state index in [4.69, 9.17) is 4.74 Å². The second-order valence-corrected chi connectivity index (χ2v) is 10.7. The van der Waals surface area contributed by atoms with Gasteiger partial charge in [0.1, 0.15) is 18.4 Å². The summed E-state index contributed by atoms with van der Waals surface area (Å²) in [6.07, 6.45) is 8.91. The summed E-state index contributed by atoms with van der Waals surface area (Å²) >= 11 is 0. The number of carbonyl (C=O) groups is 2. The SMILES string of the molecule is Cc1ccccc1OCCN(C)C(=O)C1CCCN1C(=O)C12CC3CC(CC(C3)C1)C2. The van der Waals surface area contributed by atoms with Crippen molar-refractivity contribution in [3.63, 3.8) is 0 Å². The summed E-state index contributed by atoms with van der Waals surface area (Å²) in [6, 6.07) is 7.65. The van der Waals surface area contributed by atoms with Gasteiger partial charge in [0.15, 0.2) is 0 Å². The van der Waals surface area contributed by atoms with E-state index < -0.39 is 0 Å². The fourth-order valence-electron chi connectivity index (χ4n) is 7.32. The Morgan fingerprint density at radius 2 is 1.74 bits per heavy atom. The first-order valence-electron chi connectivity index (χ1n) is 12.2. The van der Waals surface area contributed by atoms with Gasteiger partial charge in [-0.25, -0.2) is 0 Å². The molecule has 5 fully saturated rings. The molecule has 1 aromatic carbocycles. The van der Waals surface area contributed by atoms with Crippen molar-refractivity contribution >= 4 is 11.8 Å². The van der Waals surface area contributed by atoms with Crippen LogP contribution >= 0.6 is 0 Å². The molecular formula is C26H36N2O3. The van der Waals surface area contributed by atoms with Gasteiger partial charge in [-0.2, -0.15) is 0 Å². The standard InChI is InChI=1S/C26H36N2O3/c1-18-6-3-4-8-23(18)31-11-10-27(2)24(29)22-7-5-9-28(22)25(30)26-15-19-12-20(16-26)14-21(13-19)17-26/h3-4,6,8,19-22H,5,7,9-17H2,1-2H3. The summed E-state index contributed by atoms with van der Waals surface area (Å²) in [5.74, 6) is 3.47. The zero-order valence-corrected chi connectivity index (χ0v) is 19.0. The number of ether oxygens (including phenoxy) is 1. The second kappa shape index (κ2) is 8.14. The van der Waals surface area contributed by atoms with Crippen molar-refractivity contribution in [2.24, 2.45) is 23.2 Å². The zero-order valence-electron chi connectivity index (χ0n) is 19.0. The van der Waals surface area contributed by atoms with Crippen molar-refractivity contribution in [1.29, 1.82) is 0 Å². The van der Waals surface area contributed by atoms with Gasteiger partial charge in [-0.3, -0.25) is 9.59 Å². The van der Waals surface area contributed by atoms with E-state index in [0.29, 0.717) is 19.1 Å². The number of hydrogen-bond donors (Lipinski definition) is 0. The Hall–Kier alpha value is -2.04. The van der Waals surface area contributed by atoms with Crippen LogP contribution in [0, 0.1) is 30.1 Å². The summed E-state index contributed by atoms with van der Waals surface area (Å²) in [7, 11) is 1.84. The van der Waals surface area contributed by atoms with Gasteiger partial charge in [-0.15, -0.1) is 0 Å². The number of carbonyl (C=O) groups excluding carboxylic acids is 2. The molecule has 1 unspecified atom stereocenters. The molecule has 6 rings (SSSR count). The highest BCUT2D eigenvalue weighted by Crippen LogP contribution is 2.60. The van der Waals surface area contributed by atoms with E-state index >= 15 is 0 Å². The molecule has 4 saturated carbocycles. The third-order valence-electron chi connectivity index (χ3n) is 8.44. The normalized spacial score (nSPS) is 33.5. The monoisotopic (exact) mass is 424 g/mol. The lowest BCUT2D eigenvalue weighted by Crippen LogP contribution is -2.57. The summed E-state index contributed by atoms with van der Waals surface area (Å²) in [4.78, 5) is 30.8. The van der Waals surface area contributed by atoms with Crippen molar-refractivity contribution in [2.75, 3.05) is 26.7 Å². The number of amides is 2. The fraction of sp³-hybridized carbons (Fsp3) is 0.692. The van der Waals surface area contributed by atoms with Crippen molar-refractivity contribution in [1.82, 2.24) is 9.80 Å². The van der Waals surface area contributed by atoms with Gasteiger partial charge in [0, 0.05) is 13.6 Å². The molecule has 0 aromatic heterocycles. The molecular weight excluding hydrogens is 388 g/mol. The summed E-state index contributed by atoms with van der Waals surface area (Å²) in [5, 5.41) is 0. The van der Waals surface area contributed by atoms with Gasteiger partial charge in [-0.1, -0.05) is 18.2 Å². The number of hydrogen-bond acceptors (Lipinski definition) is 3. The summed E-state index contributed by atoms with van der Waals surface area (Å²) in [5.41, 5.74) is 0.934. The van der Waals surface area contributed by atoms with E-state index in [1.165, 1.54) is 19.3 Å². The van der Waals surface area contributed by atoms with Gasteiger partial charge in [0.2, 0.25) is 11.8 Å². The minimum atomic E-state index is -0.288. The minimum absolute atomic E-state index is 0.0731. The molecule has 5 aliphatic rings. The molecule has 168 valence electrons. The van der Waals surface area contributed by atoms with Crippen molar-refractivity contribution in [2.45, 2.75) is 64.3 Å². The third kappa shape index (κ3) is 3.85. The molecule has 31 heavy (non-hydrogen) atoms. The molecule has 0 radical (unpaired) electrons. The van der Waals surface area contributed by atoms with Crippen LogP contribution in [-0.2, 0) is 9.59 Å². The highest BCUT2D eigenvalue weighted by molar-refractivity contribution is 5.91. The van der Waals surface area contributed by atoms with Crippen molar-refractivity contribution < 1.29 is 14.3 Å². The minimum Gasteiger partial charge on any atom is -0.491 e. The smallest absolute Gasteiger partial charge is 0.245 e. The maximum atomic E-state index is 13.8. The lowest BCUT2D eigenvalue weighted by atomic mass is 9.49. The molecule has 2 amide bonds. The van der Waals surface area contributed by atoms with E-state index in [1.807, 2.05) is 43.1 Å². The van der Waals surface area contributed by atoms with Crippen LogP contribution in [0.2, 0.25) is 0 Å². The Kier molecular flexibility index (Phi) is 5.47. The highest BCUT2D eigenvalue weighted by atomic mass is 16.5.